The predicted molar refractivity (Wildman–Crippen MR) is 98.3 cm³/mol. The van der Waals surface area contributed by atoms with Crippen LogP contribution in [-0.2, 0) is 4.79 Å². The first-order valence-corrected chi connectivity index (χ1v) is 8.65. The molecule has 0 aromatic heterocycles. The van der Waals surface area contributed by atoms with E-state index >= 15 is 0 Å². The van der Waals surface area contributed by atoms with Crippen molar-refractivity contribution in [2.45, 2.75) is 12.5 Å². The van der Waals surface area contributed by atoms with Gasteiger partial charge in [-0.15, -0.1) is 0 Å². The Kier molecular flexibility index (Phi) is 5.86. The Morgan fingerprint density at radius 3 is 2.83 bits per heavy atom. The molecular formula is C19H22ClN3O. The lowest BCUT2D eigenvalue weighted by Gasteiger charge is -2.36. The molecule has 126 valence electrons. The van der Waals surface area contributed by atoms with Crippen LogP contribution in [0.25, 0.3) is 0 Å². The number of anilines is 1. The zero-order valence-corrected chi connectivity index (χ0v) is 14.3. The lowest BCUT2D eigenvalue weighted by Crippen LogP contribution is -2.46. The molecule has 1 amide bonds. The minimum atomic E-state index is 0.0459. The molecule has 5 heteroatoms. The van der Waals surface area contributed by atoms with Crippen LogP contribution in [0.2, 0.25) is 5.02 Å². The first-order valence-electron chi connectivity index (χ1n) is 8.27. The normalized spacial score (nSPS) is 18.3. The molecular weight excluding hydrogens is 322 g/mol. The summed E-state index contributed by atoms with van der Waals surface area (Å²) in [6.45, 7) is 3.48. The van der Waals surface area contributed by atoms with Crippen LogP contribution in [0.5, 0.6) is 0 Å². The van der Waals surface area contributed by atoms with Gasteiger partial charge in [0.05, 0.1) is 0 Å². The van der Waals surface area contributed by atoms with Gasteiger partial charge in [-0.1, -0.05) is 41.9 Å². The van der Waals surface area contributed by atoms with Gasteiger partial charge in [-0.25, -0.2) is 0 Å². The van der Waals surface area contributed by atoms with Crippen LogP contribution < -0.4 is 10.6 Å². The third kappa shape index (κ3) is 4.57. The molecule has 1 atom stereocenters. The number of hydrogen-bond donors (Lipinski definition) is 2. The van der Waals surface area contributed by atoms with Gasteiger partial charge < -0.3 is 10.6 Å². The molecule has 2 aromatic carbocycles. The highest BCUT2D eigenvalue weighted by atomic mass is 35.5. The predicted octanol–water partition coefficient (Wildman–Crippen LogP) is 3.32. The van der Waals surface area contributed by atoms with Crippen molar-refractivity contribution in [3.63, 3.8) is 0 Å². The second-order valence-electron chi connectivity index (χ2n) is 5.98. The second-order valence-corrected chi connectivity index (χ2v) is 6.41. The Morgan fingerprint density at radius 2 is 2.04 bits per heavy atom. The van der Waals surface area contributed by atoms with E-state index in [0.717, 1.165) is 36.9 Å². The van der Waals surface area contributed by atoms with Gasteiger partial charge in [0, 0.05) is 49.4 Å². The summed E-state index contributed by atoms with van der Waals surface area (Å²) >= 11 is 6.13. The number of halogens is 1. The number of nitrogens with zero attached hydrogens (tertiary/aromatic N) is 1. The molecule has 24 heavy (non-hydrogen) atoms. The van der Waals surface area contributed by atoms with Crippen LogP contribution >= 0.6 is 11.6 Å². The highest BCUT2D eigenvalue weighted by Crippen LogP contribution is 2.24. The van der Waals surface area contributed by atoms with Crippen molar-refractivity contribution in [2.24, 2.45) is 0 Å². The van der Waals surface area contributed by atoms with Crippen molar-refractivity contribution in [1.82, 2.24) is 10.2 Å². The standard InChI is InChI=1S/C19H22ClN3O/c20-16-6-4-5-15(13-16)18-14-21-10-12-23(18)11-9-19(24)22-17-7-2-1-3-8-17/h1-8,13,18,21H,9-12,14H2,(H,22,24). The maximum Gasteiger partial charge on any atom is 0.225 e. The number of rotatable bonds is 5. The van der Waals surface area contributed by atoms with Crippen LogP contribution in [0.3, 0.4) is 0 Å². The first kappa shape index (κ1) is 17.0. The van der Waals surface area contributed by atoms with E-state index in [9.17, 15) is 4.79 Å². The zero-order valence-electron chi connectivity index (χ0n) is 13.5. The van der Waals surface area contributed by atoms with E-state index in [-0.39, 0.29) is 11.9 Å². The maximum absolute atomic E-state index is 12.2. The Hall–Kier alpha value is -1.88. The van der Waals surface area contributed by atoms with E-state index in [4.69, 9.17) is 11.6 Å². The molecule has 1 fully saturated rings. The maximum atomic E-state index is 12.2. The molecule has 1 heterocycles. The molecule has 0 saturated carbocycles. The fourth-order valence-electron chi connectivity index (χ4n) is 3.05. The number of piperazine rings is 1. The van der Waals surface area contributed by atoms with Crippen LogP contribution in [-0.4, -0.2) is 37.0 Å². The molecule has 0 radical (unpaired) electrons. The number of para-hydroxylation sites is 1. The summed E-state index contributed by atoms with van der Waals surface area (Å²) < 4.78 is 0. The summed E-state index contributed by atoms with van der Waals surface area (Å²) in [5.41, 5.74) is 2.03. The lowest BCUT2D eigenvalue weighted by atomic mass is 10.0. The Morgan fingerprint density at radius 1 is 1.21 bits per heavy atom. The van der Waals surface area contributed by atoms with Gasteiger partial charge >= 0.3 is 0 Å². The Balaban J connectivity index is 1.59. The van der Waals surface area contributed by atoms with Gasteiger partial charge in [0.15, 0.2) is 0 Å². The molecule has 0 spiro atoms. The topological polar surface area (TPSA) is 44.4 Å². The largest absolute Gasteiger partial charge is 0.326 e. The zero-order chi connectivity index (χ0) is 16.8. The van der Waals surface area contributed by atoms with E-state index in [1.807, 2.05) is 48.5 Å². The average molecular weight is 344 g/mol. The summed E-state index contributed by atoms with van der Waals surface area (Å²) in [7, 11) is 0. The Labute approximate surface area is 147 Å². The highest BCUT2D eigenvalue weighted by Gasteiger charge is 2.24. The quantitative estimate of drug-likeness (QED) is 0.875. The fourth-order valence-corrected chi connectivity index (χ4v) is 3.25. The van der Waals surface area contributed by atoms with Crippen molar-refractivity contribution < 1.29 is 4.79 Å². The SMILES string of the molecule is O=C(CCN1CCNCC1c1cccc(Cl)c1)Nc1ccccc1. The van der Waals surface area contributed by atoms with E-state index in [2.05, 4.69) is 21.6 Å². The molecule has 2 N–H and O–H groups in total. The molecule has 4 nitrogen and oxygen atoms in total. The Bertz CT molecular complexity index is 677. The summed E-state index contributed by atoms with van der Waals surface area (Å²) in [5, 5.41) is 7.12. The number of nitrogens with one attached hydrogen (secondary N) is 2. The van der Waals surface area contributed by atoms with Gasteiger partial charge in [-0.2, -0.15) is 0 Å². The molecule has 3 rings (SSSR count). The third-order valence-electron chi connectivity index (χ3n) is 4.27. The second kappa shape index (κ2) is 8.29. The molecule has 1 unspecified atom stereocenters. The van der Waals surface area contributed by atoms with Crippen LogP contribution in [0.4, 0.5) is 5.69 Å². The van der Waals surface area contributed by atoms with Crippen molar-refractivity contribution in [3.05, 3.63) is 65.2 Å². The van der Waals surface area contributed by atoms with Crippen LogP contribution in [0, 0.1) is 0 Å². The monoisotopic (exact) mass is 343 g/mol. The van der Waals surface area contributed by atoms with Crippen molar-refractivity contribution in [3.8, 4) is 0 Å². The fraction of sp³-hybridized carbons (Fsp3) is 0.316. The van der Waals surface area contributed by atoms with E-state index in [1.165, 1.54) is 5.56 Å². The van der Waals surface area contributed by atoms with Gasteiger partial charge in [0.25, 0.3) is 0 Å². The van der Waals surface area contributed by atoms with Gasteiger partial charge in [0.1, 0.15) is 0 Å². The number of amides is 1. The number of benzene rings is 2. The van der Waals surface area contributed by atoms with Gasteiger partial charge in [-0.05, 0) is 29.8 Å². The van der Waals surface area contributed by atoms with E-state index in [0.29, 0.717) is 6.42 Å². The van der Waals surface area contributed by atoms with E-state index in [1.54, 1.807) is 0 Å². The average Bonchev–Trinajstić information content (AvgIpc) is 2.61. The molecule has 0 aliphatic carbocycles. The van der Waals surface area contributed by atoms with Crippen molar-refractivity contribution >= 4 is 23.2 Å². The molecule has 0 bridgehead atoms. The third-order valence-corrected chi connectivity index (χ3v) is 4.51. The van der Waals surface area contributed by atoms with Crippen LogP contribution in [0.1, 0.15) is 18.0 Å². The summed E-state index contributed by atoms with van der Waals surface area (Å²) in [5.74, 6) is 0.0459. The van der Waals surface area contributed by atoms with Gasteiger partial charge in [-0.3, -0.25) is 9.69 Å². The number of carbonyl (C=O) groups is 1. The minimum Gasteiger partial charge on any atom is -0.326 e. The number of carbonyl (C=O) groups excluding carboxylic acids is 1. The summed E-state index contributed by atoms with van der Waals surface area (Å²) in [6, 6.07) is 17.8. The lowest BCUT2D eigenvalue weighted by molar-refractivity contribution is -0.116. The van der Waals surface area contributed by atoms with E-state index < -0.39 is 0 Å². The van der Waals surface area contributed by atoms with Crippen molar-refractivity contribution in [1.29, 1.82) is 0 Å². The van der Waals surface area contributed by atoms with Gasteiger partial charge in [0.2, 0.25) is 5.91 Å². The highest BCUT2D eigenvalue weighted by molar-refractivity contribution is 6.30. The smallest absolute Gasteiger partial charge is 0.225 e. The summed E-state index contributed by atoms with van der Waals surface area (Å²) in [4.78, 5) is 14.5. The first-order chi connectivity index (χ1) is 11.7. The summed E-state index contributed by atoms with van der Waals surface area (Å²) in [6.07, 6.45) is 0.478. The molecule has 2 aromatic rings. The molecule has 1 aliphatic rings. The van der Waals surface area contributed by atoms with Crippen LogP contribution in [0.15, 0.2) is 54.6 Å². The molecule has 1 aliphatic heterocycles. The molecule has 1 saturated heterocycles. The van der Waals surface area contributed by atoms with Crippen molar-refractivity contribution in [2.75, 3.05) is 31.5 Å². The minimum absolute atomic E-state index is 0.0459. The number of hydrogen-bond acceptors (Lipinski definition) is 3.